The lowest BCUT2D eigenvalue weighted by Gasteiger charge is -2.29. The Labute approximate surface area is 149 Å². The van der Waals surface area contributed by atoms with E-state index in [1.807, 2.05) is 4.57 Å². The Morgan fingerprint density at radius 3 is 3.08 bits per heavy atom. The van der Waals surface area contributed by atoms with Crippen LogP contribution in [0.15, 0.2) is 12.3 Å². The highest BCUT2D eigenvalue weighted by molar-refractivity contribution is 6.31. The Bertz CT molecular complexity index is 806. The van der Waals surface area contributed by atoms with Crippen LogP contribution in [0, 0.1) is 5.82 Å². The number of pyridine rings is 1. The molecule has 1 N–H and O–H groups in total. The maximum Gasteiger partial charge on any atom is 0.225 e. The van der Waals surface area contributed by atoms with Gasteiger partial charge in [-0.05, 0) is 19.0 Å². The molecule has 2 aliphatic rings. The van der Waals surface area contributed by atoms with Crippen molar-refractivity contribution in [1.82, 2.24) is 19.8 Å². The molecule has 0 aliphatic carbocycles. The van der Waals surface area contributed by atoms with Gasteiger partial charge in [-0.25, -0.2) is 9.37 Å². The summed E-state index contributed by atoms with van der Waals surface area (Å²) in [4.78, 5) is 18.4. The number of fused-ring (bicyclic) bond motifs is 3. The maximum absolute atomic E-state index is 14.2. The van der Waals surface area contributed by atoms with Crippen LogP contribution in [0.4, 0.5) is 4.39 Å². The Hall–Kier alpha value is -1.70. The molecule has 0 spiro atoms. The first-order valence-electron chi connectivity index (χ1n) is 8.54. The van der Waals surface area contributed by atoms with Gasteiger partial charge in [0.15, 0.2) is 5.82 Å². The predicted octanol–water partition coefficient (Wildman–Crippen LogP) is 1.94. The Balaban J connectivity index is 1.38. The van der Waals surface area contributed by atoms with Gasteiger partial charge in [0.1, 0.15) is 5.65 Å². The van der Waals surface area contributed by atoms with Crippen LogP contribution < -0.4 is 5.32 Å². The van der Waals surface area contributed by atoms with Crippen molar-refractivity contribution in [3.05, 3.63) is 28.8 Å². The quantitative estimate of drug-likeness (QED) is 0.822. The zero-order valence-corrected chi connectivity index (χ0v) is 14.6. The monoisotopic (exact) mass is 366 g/mol. The smallest absolute Gasteiger partial charge is 0.225 e. The van der Waals surface area contributed by atoms with Gasteiger partial charge in [0, 0.05) is 24.8 Å². The third-order valence-electron chi connectivity index (χ3n) is 4.90. The predicted molar refractivity (Wildman–Crippen MR) is 92.0 cm³/mol. The summed E-state index contributed by atoms with van der Waals surface area (Å²) in [6.45, 7) is 3.79. The SMILES string of the molecule is O=C(CCOCC1CCN1)N1CCn2c(cc3c(F)c(Cl)cnc32)C1. The maximum atomic E-state index is 14.2. The first-order chi connectivity index (χ1) is 12.1. The van der Waals surface area contributed by atoms with Gasteiger partial charge >= 0.3 is 0 Å². The van der Waals surface area contributed by atoms with Crippen LogP contribution in [-0.4, -0.2) is 52.7 Å². The summed E-state index contributed by atoms with van der Waals surface area (Å²) in [7, 11) is 0. The van der Waals surface area contributed by atoms with Gasteiger partial charge in [0.25, 0.3) is 0 Å². The molecular weight excluding hydrogens is 347 g/mol. The van der Waals surface area contributed by atoms with Crippen molar-refractivity contribution in [3.63, 3.8) is 0 Å². The number of aromatic nitrogens is 2. The van der Waals surface area contributed by atoms with E-state index in [4.69, 9.17) is 16.3 Å². The molecule has 1 fully saturated rings. The fourth-order valence-electron chi connectivity index (χ4n) is 3.32. The first kappa shape index (κ1) is 16.8. The van der Waals surface area contributed by atoms with E-state index in [2.05, 4.69) is 10.3 Å². The fraction of sp³-hybridized carbons (Fsp3) is 0.529. The number of carbonyl (C=O) groups is 1. The number of amides is 1. The van der Waals surface area contributed by atoms with Crippen molar-refractivity contribution >= 4 is 28.5 Å². The number of ether oxygens (including phenoxy) is 1. The number of nitrogens with one attached hydrogen (secondary N) is 1. The summed E-state index contributed by atoms with van der Waals surface area (Å²) in [5.74, 6) is -0.394. The molecule has 2 aliphatic heterocycles. The molecule has 6 nitrogen and oxygen atoms in total. The lowest BCUT2D eigenvalue weighted by Crippen LogP contribution is -2.46. The van der Waals surface area contributed by atoms with E-state index in [-0.39, 0.29) is 10.9 Å². The number of rotatable bonds is 5. The minimum atomic E-state index is -0.454. The molecule has 25 heavy (non-hydrogen) atoms. The van der Waals surface area contributed by atoms with Crippen molar-refractivity contribution in [2.45, 2.75) is 32.0 Å². The second kappa shape index (κ2) is 6.90. The van der Waals surface area contributed by atoms with Gasteiger partial charge in [0.2, 0.25) is 5.91 Å². The molecule has 0 radical (unpaired) electrons. The summed E-state index contributed by atoms with van der Waals surface area (Å²) in [6, 6.07) is 2.18. The molecular formula is C17H20ClFN4O2. The summed E-state index contributed by atoms with van der Waals surface area (Å²) in [5, 5.41) is 3.69. The summed E-state index contributed by atoms with van der Waals surface area (Å²) >= 11 is 5.81. The molecule has 8 heteroatoms. The van der Waals surface area contributed by atoms with Gasteiger partial charge in [-0.1, -0.05) is 11.6 Å². The third kappa shape index (κ3) is 3.23. The van der Waals surface area contributed by atoms with Gasteiger partial charge in [-0.2, -0.15) is 0 Å². The lowest BCUT2D eigenvalue weighted by atomic mass is 10.1. The third-order valence-corrected chi connectivity index (χ3v) is 5.17. The van der Waals surface area contributed by atoms with Crippen molar-refractivity contribution in [2.24, 2.45) is 0 Å². The summed E-state index contributed by atoms with van der Waals surface area (Å²) in [5.41, 5.74) is 1.46. The van der Waals surface area contributed by atoms with Crippen LogP contribution in [0.1, 0.15) is 18.5 Å². The van der Waals surface area contributed by atoms with Crippen molar-refractivity contribution < 1.29 is 13.9 Å². The van der Waals surface area contributed by atoms with E-state index in [0.717, 1.165) is 18.7 Å². The molecule has 1 saturated heterocycles. The van der Waals surface area contributed by atoms with E-state index >= 15 is 0 Å². The molecule has 1 unspecified atom stereocenters. The highest BCUT2D eigenvalue weighted by Gasteiger charge is 2.24. The average molecular weight is 367 g/mol. The molecule has 0 bridgehead atoms. The van der Waals surface area contributed by atoms with Gasteiger partial charge in [0.05, 0.1) is 42.8 Å². The Morgan fingerprint density at radius 1 is 1.48 bits per heavy atom. The van der Waals surface area contributed by atoms with E-state index < -0.39 is 5.82 Å². The molecule has 4 rings (SSSR count). The van der Waals surface area contributed by atoms with Gasteiger partial charge in [-0.15, -0.1) is 0 Å². The van der Waals surface area contributed by atoms with Crippen LogP contribution in [0.3, 0.4) is 0 Å². The number of nitrogens with zero attached hydrogens (tertiary/aromatic N) is 3. The Kier molecular flexibility index (Phi) is 4.62. The van der Waals surface area contributed by atoms with Crippen molar-refractivity contribution in [1.29, 1.82) is 0 Å². The Morgan fingerprint density at radius 2 is 2.32 bits per heavy atom. The molecule has 2 aromatic rings. The van der Waals surface area contributed by atoms with Crippen LogP contribution in [0.25, 0.3) is 11.0 Å². The molecule has 2 aromatic heterocycles. The minimum Gasteiger partial charge on any atom is -0.379 e. The van der Waals surface area contributed by atoms with Crippen LogP contribution in [-0.2, 0) is 22.6 Å². The second-order valence-corrected chi connectivity index (χ2v) is 6.93. The largest absolute Gasteiger partial charge is 0.379 e. The van der Waals surface area contributed by atoms with E-state index in [1.54, 1.807) is 11.0 Å². The summed E-state index contributed by atoms with van der Waals surface area (Å²) in [6.07, 6.45) is 2.84. The number of hydrogen-bond acceptors (Lipinski definition) is 4. The molecule has 0 aromatic carbocycles. The average Bonchev–Trinajstić information content (AvgIpc) is 2.94. The molecule has 0 saturated carbocycles. The molecule has 1 atom stereocenters. The van der Waals surface area contributed by atoms with E-state index in [1.165, 1.54) is 6.20 Å². The van der Waals surface area contributed by atoms with Crippen LogP contribution >= 0.6 is 11.6 Å². The normalized spacial score (nSPS) is 19.8. The van der Waals surface area contributed by atoms with Crippen molar-refractivity contribution in [3.8, 4) is 0 Å². The highest BCUT2D eigenvalue weighted by atomic mass is 35.5. The lowest BCUT2D eigenvalue weighted by molar-refractivity contribution is -0.133. The molecule has 4 heterocycles. The summed E-state index contributed by atoms with van der Waals surface area (Å²) < 4.78 is 21.7. The fourth-order valence-corrected chi connectivity index (χ4v) is 3.47. The van der Waals surface area contributed by atoms with E-state index in [0.29, 0.717) is 56.3 Å². The standard InChI is InChI=1S/C17H20ClFN4O2/c18-14-8-21-17-13(16(14)19)7-12-9-22(4-5-23(12)17)15(24)2-6-25-10-11-1-3-20-11/h7-8,11,20H,1-6,9-10H2. The second-order valence-electron chi connectivity index (χ2n) is 6.52. The van der Waals surface area contributed by atoms with Gasteiger partial charge in [-0.3, -0.25) is 4.79 Å². The molecule has 1 amide bonds. The highest BCUT2D eigenvalue weighted by Crippen LogP contribution is 2.28. The zero-order chi connectivity index (χ0) is 17.4. The first-order valence-corrected chi connectivity index (χ1v) is 8.92. The van der Waals surface area contributed by atoms with Crippen LogP contribution in [0.5, 0.6) is 0 Å². The van der Waals surface area contributed by atoms with Crippen molar-refractivity contribution in [2.75, 3.05) is 26.3 Å². The number of hydrogen-bond donors (Lipinski definition) is 1. The van der Waals surface area contributed by atoms with Gasteiger partial charge < -0.3 is 19.5 Å². The molecule has 134 valence electrons. The topological polar surface area (TPSA) is 59.4 Å². The number of halogens is 2. The van der Waals surface area contributed by atoms with Crippen LogP contribution in [0.2, 0.25) is 5.02 Å². The number of carbonyl (C=O) groups excluding carboxylic acids is 1. The minimum absolute atomic E-state index is 0.0153. The zero-order valence-electron chi connectivity index (χ0n) is 13.8. The van der Waals surface area contributed by atoms with E-state index in [9.17, 15) is 9.18 Å².